The van der Waals surface area contributed by atoms with Crippen molar-refractivity contribution in [2.45, 2.75) is 19.9 Å². The second-order valence-corrected chi connectivity index (χ2v) is 8.25. The molecule has 0 N–H and O–H groups in total. The maximum atomic E-state index is 13.3. The Morgan fingerprint density at radius 2 is 1.56 bits per heavy atom. The molecule has 0 aromatic heterocycles. The predicted octanol–water partition coefficient (Wildman–Crippen LogP) is 3.09. The van der Waals surface area contributed by atoms with Crippen molar-refractivity contribution in [1.82, 2.24) is 14.7 Å². The van der Waals surface area contributed by atoms with E-state index in [1.165, 1.54) is 19.1 Å². The molecule has 0 aliphatic carbocycles. The van der Waals surface area contributed by atoms with Crippen molar-refractivity contribution in [2.75, 3.05) is 46.9 Å². The van der Waals surface area contributed by atoms with Crippen LogP contribution >= 0.6 is 12.4 Å². The lowest BCUT2D eigenvalue weighted by atomic mass is 10.1. The van der Waals surface area contributed by atoms with E-state index in [0.717, 1.165) is 26.1 Å². The highest BCUT2D eigenvalue weighted by Crippen LogP contribution is 2.35. The van der Waals surface area contributed by atoms with Gasteiger partial charge in [0, 0.05) is 37.3 Å². The fourth-order valence-electron chi connectivity index (χ4n) is 4.51. The van der Waals surface area contributed by atoms with Crippen LogP contribution in [0.3, 0.4) is 0 Å². The topological polar surface area (TPSA) is 79.4 Å². The number of nitrogens with zero attached hydrogens (tertiary/aromatic N) is 3. The predicted molar refractivity (Wildman–Crippen MR) is 130 cm³/mol. The van der Waals surface area contributed by atoms with Crippen molar-refractivity contribution in [3.63, 3.8) is 0 Å². The molecule has 182 valence electrons. The van der Waals surface area contributed by atoms with Crippen LogP contribution in [0.5, 0.6) is 11.5 Å². The number of methoxy groups -OCH3 is 2. The van der Waals surface area contributed by atoms with Gasteiger partial charge in [-0.2, -0.15) is 0 Å². The Hall–Kier alpha value is -3.10. The molecule has 0 saturated carbocycles. The van der Waals surface area contributed by atoms with Crippen LogP contribution in [-0.2, 0) is 6.54 Å². The molecule has 3 amide bonds. The number of benzene rings is 2. The van der Waals surface area contributed by atoms with Gasteiger partial charge < -0.3 is 14.4 Å². The fraction of sp³-hybridized carbons (Fsp3) is 0.400. The fourth-order valence-corrected chi connectivity index (χ4v) is 4.51. The molecule has 2 aromatic carbocycles. The number of piperazine rings is 1. The van der Waals surface area contributed by atoms with Gasteiger partial charge in [0.25, 0.3) is 17.7 Å². The molecule has 0 atom stereocenters. The van der Waals surface area contributed by atoms with E-state index in [2.05, 4.69) is 11.8 Å². The quantitative estimate of drug-likeness (QED) is 0.558. The van der Waals surface area contributed by atoms with Crippen LogP contribution in [-0.4, -0.2) is 79.4 Å². The molecule has 8 nitrogen and oxygen atoms in total. The third-order valence-corrected chi connectivity index (χ3v) is 6.21. The lowest BCUT2D eigenvalue weighted by molar-refractivity contribution is 0.0634. The van der Waals surface area contributed by atoms with Crippen molar-refractivity contribution >= 4 is 30.1 Å². The molecule has 0 bridgehead atoms. The second kappa shape index (κ2) is 10.9. The Bertz CT molecular complexity index is 1050. The molecule has 4 rings (SSSR count). The first-order chi connectivity index (χ1) is 16.0. The van der Waals surface area contributed by atoms with Gasteiger partial charge in [-0.25, -0.2) is 0 Å². The number of imide groups is 1. The molecule has 34 heavy (non-hydrogen) atoms. The highest BCUT2D eigenvalue weighted by atomic mass is 35.5. The van der Waals surface area contributed by atoms with E-state index in [4.69, 9.17) is 9.47 Å². The Kier molecular flexibility index (Phi) is 8.17. The number of halogens is 1. The number of amides is 3. The molecule has 1 saturated heterocycles. The van der Waals surface area contributed by atoms with Crippen molar-refractivity contribution in [2.24, 2.45) is 0 Å². The van der Waals surface area contributed by atoms with Crippen molar-refractivity contribution in [1.29, 1.82) is 0 Å². The molecule has 0 radical (unpaired) electrons. The minimum absolute atomic E-state index is 0. The largest absolute Gasteiger partial charge is 0.493 e. The zero-order chi connectivity index (χ0) is 23.5. The molecule has 9 heteroatoms. The van der Waals surface area contributed by atoms with Crippen LogP contribution in [0, 0.1) is 0 Å². The first-order valence-corrected chi connectivity index (χ1v) is 11.2. The van der Waals surface area contributed by atoms with E-state index in [-0.39, 0.29) is 36.7 Å². The molecule has 2 aliphatic rings. The number of ether oxygens (including phenoxy) is 2. The average Bonchev–Trinajstić information content (AvgIpc) is 3.08. The molecule has 1 fully saturated rings. The van der Waals surface area contributed by atoms with Crippen molar-refractivity contribution in [3.05, 3.63) is 58.7 Å². The zero-order valence-corrected chi connectivity index (χ0v) is 20.5. The van der Waals surface area contributed by atoms with Gasteiger partial charge in [0.2, 0.25) is 0 Å². The number of carbonyl (C=O) groups is 3. The Morgan fingerprint density at radius 3 is 2.09 bits per heavy atom. The summed E-state index contributed by atoms with van der Waals surface area (Å²) in [5, 5.41) is 0. The monoisotopic (exact) mass is 487 g/mol. The highest BCUT2D eigenvalue weighted by Gasteiger charge is 2.36. The summed E-state index contributed by atoms with van der Waals surface area (Å²) in [6.07, 6.45) is 1.09. The van der Waals surface area contributed by atoms with Crippen LogP contribution in [0.1, 0.15) is 50.0 Å². The summed E-state index contributed by atoms with van der Waals surface area (Å²) >= 11 is 0. The average molecular weight is 488 g/mol. The maximum Gasteiger partial charge on any atom is 0.261 e. The number of hydrogen-bond acceptors (Lipinski definition) is 6. The number of hydrogen-bond donors (Lipinski definition) is 0. The minimum atomic E-state index is -0.361. The van der Waals surface area contributed by atoms with E-state index in [1.807, 2.05) is 4.90 Å². The summed E-state index contributed by atoms with van der Waals surface area (Å²) in [5.74, 6) is -0.0329. The first kappa shape index (κ1) is 25.5. The van der Waals surface area contributed by atoms with E-state index in [0.29, 0.717) is 46.8 Å². The van der Waals surface area contributed by atoms with Crippen molar-refractivity contribution in [3.8, 4) is 11.5 Å². The van der Waals surface area contributed by atoms with Crippen LogP contribution in [0.25, 0.3) is 0 Å². The molecule has 2 aliphatic heterocycles. The van der Waals surface area contributed by atoms with Crippen LogP contribution in [0.15, 0.2) is 36.4 Å². The Morgan fingerprint density at radius 1 is 0.941 bits per heavy atom. The highest BCUT2D eigenvalue weighted by molar-refractivity contribution is 6.21. The molecule has 2 aromatic rings. The Labute approximate surface area is 205 Å². The minimum Gasteiger partial charge on any atom is -0.493 e. The van der Waals surface area contributed by atoms with E-state index >= 15 is 0 Å². The van der Waals surface area contributed by atoms with E-state index in [1.54, 1.807) is 36.4 Å². The third kappa shape index (κ3) is 4.74. The number of fused-ring (bicyclic) bond motifs is 1. The summed E-state index contributed by atoms with van der Waals surface area (Å²) in [6, 6.07) is 10.1. The van der Waals surface area contributed by atoms with Gasteiger partial charge in [-0.3, -0.25) is 24.2 Å². The van der Waals surface area contributed by atoms with Gasteiger partial charge in [0.15, 0.2) is 11.5 Å². The summed E-state index contributed by atoms with van der Waals surface area (Å²) in [7, 11) is 3.00. The van der Waals surface area contributed by atoms with Gasteiger partial charge in [-0.05, 0) is 37.2 Å². The van der Waals surface area contributed by atoms with Crippen LogP contribution < -0.4 is 9.47 Å². The SMILES string of the molecule is CCCN1CCN(C(=O)c2cc(CN3C(=O)c4ccccc4C3=O)c(OC)c(OC)c2)CC1.Cl. The van der Waals surface area contributed by atoms with Gasteiger partial charge in [-0.1, -0.05) is 19.1 Å². The lowest BCUT2D eigenvalue weighted by Crippen LogP contribution is -2.48. The van der Waals surface area contributed by atoms with Crippen LogP contribution in [0.4, 0.5) is 0 Å². The Balaban J connectivity index is 0.00000324. The molecule has 0 unspecified atom stereocenters. The number of carbonyl (C=O) groups excluding carboxylic acids is 3. The van der Waals surface area contributed by atoms with E-state index < -0.39 is 0 Å². The van der Waals surface area contributed by atoms with E-state index in [9.17, 15) is 14.4 Å². The van der Waals surface area contributed by atoms with Gasteiger partial charge in [0.05, 0.1) is 31.9 Å². The summed E-state index contributed by atoms with van der Waals surface area (Å²) in [6.45, 7) is 6.16. The first-order valence-electron chi connectivity index (χ1n) is 11.2. The normalized spacial score (nSPS) is 15.7. The molecule has 0 spiro atoms. The third-order valence-electron chi connectivity index (χ3n) is 6.21. The maximum absolute atomic E-state index is 13.3. The molecular weight excluding hydrogens is 458 g/mol. The number of rotatable bonds is 7. The van der Waals surface area contributed by atoms with Gasteiger partial charge in [0.1, 0.15) is 0 Å². The summed E-state index contributed by atoms with van der Waals surface area (Å²) in [4.78, 5) is 44.4. The van der Waals surface area contributed by atoms with Gasteiger partial charge >= 0.3 is 0 Å². The molecule has 2 heterocycles. The second-order valence-electron chi connectivity index (χ2n) is 8.25. The van der Waals surface area contributed by atoms with Gasteiger partial charge in [-0.15, -0.1) is 12.4 Å². The lowest BCUT2D eigenvalue weighted by Gasteiger charge is -2.34. The van der Waals surface area contributed by atoms with Crippen molar-refractivity contribution < 1.29 is 23.9 Å². The summed E-state index contributed by atoms with van der Waals surface area (Å²) in [5.41, 5.74) is 1.75. The standard InChI is InChI=1S/C25H29N3O5.ClH/c1-4-9-26-10-12-27(13-11-26)23(29)17-14-18(22(33-3)21(15-17)32-2)16-28-24(30)19-7-5-6-8-20(19)25(28)31;/h5-8,14-15H,4,9-13,16H2,1-3H3;1H. The summed E-state index contributed by atoms with van der Waals surface area (Å²) < 4.78 is 11.0. The molecular formula is C25H30ClN3O5. The zero-order valence-electron chi connectivity index (χ0n) is 19.7. The smallest absolute Gasteiger partial charge is 0.261 e. The van der Waals surface area contributed by atoms with Crippen LogP contribution in [0.2, 0.25) is 0 Å².